The number of hydrogen-bond donors (Lipinski definition) is 1. The maximum atomic E-state index is 11.9. The van der Waals surface area contributed by atoms with Crippen LogP contribution in [0.1, 0.15) is 61.8 Å². The Bertz CT molecular complexity index is 836. The quantitative estimate of drug-likeness (QED) is 0.487. The number of amides is 1. The molecule has 27 heavy (non-hydrogen) atoms. The van der Waals surface area contributed by atoms with Crippen molar-refractivity contribution in [2.75, 3.05) is 6.54 Å². The second-order valence-electron chi connectivity index (χ2n) is 6.92. The first kappa shape index (κ1) is 19.2. The van der Waals surface area contributed by atoms with Gasteiger partial charge >= 0.3 is 0 Å². The summed E-state index contributed by atoms with van der Waals surface area (Å²) in [4.78, 5) is 16.8. The van der Waals surface area contributed by atoms with Crippen molar-refractivity contribution in [3.05, 3.63) is 54.2 Å². The molecule has 1 amide bonds. The molecule has 0 aliphatic rings. The fraction of sp³-hybridized carbons (Fsp3) is 0.455. The van der Waals surface area contributed by atoms with Gasteiger partial charge in [-0.15, -0.1) is 0 Å². The molecular weight excluding hydrogens is 338 g/mol. The molecule has 2 heterocycles. The zero-order valence-electron chi connectivity index (χ0n) is 16.1. The van der Waals surface area contributed by atoms with Crippen LogP contribution >= 0.6 is 0 Å². The number of nitrogens with zero attached hydrogens (tertiary/aromatic N) is 2. The van der Waals surface area contributed by atoms with Crippen molar-refractivity contribution < 1.29 is 9.21 Å². The van der Waals surface area contributed by atoms with Gasteiger partial charge in [0.25, 0.3) is 5.91 Å². The third kappa shape index (κ3) is 5.22. The van der Waals surface area contributed by atoms with Crippen LogP contribution in [0.4, 0.5) is 0 Å². The van der Waals surface area contributed by atoms with E-state index in [1.165, 1.54) is 43.9 Å². The fourth-order valence-corrected chi connectivity index (χ4v) is 3.38. The monoisotopic (exact) mass is 367 g/mol. The Labute approximate surface area is 160 Å². The average molecular weight is 367 g/mol. The van der Waals surface area contributed by atoms with E-state index in [-0.39, 0.29) is 5.91 Å². The van der Waals surface area contributed by atoms with Gasteiger partial charge in [0, 0.05) is 19.5 Å². The molecule has 3 rings (SSSR count). The number of benzene rings is 1. The maximum Gasteiger partial charge on any atom is 0.286 e. The van der Waals surface area contributed by atoms with E-state index in [4.69, 9.17) is 9.40 Å². The molecule has 5 heteroatoms. The zero-order valence-corrected chi connectivity index (χ0v) is 16.1. The van der Waals surface area contributed by atoms with E-state index in [0.29, 0.717) is 12.3 Å². The van der Waals surface area contributed by atoms with Crippen LogP contribution in [0.3, 0.4) is 0 Å². The number of nitrogens with one attached hydrogen (secondary N) is 1. The maximum absolute atomic E-state index is 11.9. The highest BCUT2D eigenvalue weighted by molar-refractivity contribution is 5.91. The molecule has 0 atom stereocenters. The number of carbonyl (C=O) groups is 1. The summed E-state index contributed by atoms with van der Waals surface area (Å²) in [5.41, 5.74) is 2.27. The lowest BCUT2D eigenvalue weighted by atomic mass is 10.1. The molecule has 2 aromatic heterocycles. The number of fused-ring (bicyclic) bond motifs is 1. The van der Waals surface area contributed by atoms with Crippen molar-refractivity contribution >= 4 is 16.9 Å². The predicted molar refractivity (Wildman–Crippen MR) is 108 cm³/mol. The Balaban J connectivity index is 1.56. The Morgan fingerprint density at radius 3 is 2.74 bits per heavy atom. The van der Waals surface area contributed by atoms with Crippen LogP contribution in [0.2, 0.25) is 0 Å². The number of para-hydroxylation sites is 2. The summed E-state index contributed by atoms with van der Waals surface area (Å²) in [7, 11) is 0. The summed E-state index contributed by atoms with van der Waals surface area (Å²) in [6.07, 6.45) is 9.54. The lowest BCUT2D eigenvalue weighted by molar-refractivity contribution is 0.0925. The van der Waals surface area contributed by atoms with Crippen molar-refractivity contribution in [3.8, 4) is 0 Å². The number of carbonyl (C=O) groups excluding carboxylic acids is 1. The number of aromatic nitrogens is 2. The van der Waals surface area contributed by atoms with Crippen molar-refractivity contribution in [1.82, 2.24) is 14.9 Å². The van der Waals surface area contributed by atoms with E-state index >= 15 is 0 Å². The van der Waals surface area contributed by atoms with Gasteiger partial charge < -0.3 is 14.3 Å². The van der Waals surface area contributed by atoms with Crippen molar-refractivity contribution in [2.24, 2.45) is 0 Å². The molecule has 0 aliphatic heterocycles. The Morgan fingerprint density at radius 1 is 1.07 bits per heavy atom. The van der Waals surface area contributed by atoms with Gasteiger partial charge in [-0.25, -0.2) is 4.98 Å². The van der Waals surface area contributed by atoms with Crippen molar-refractivity contribution in [1.29, 1.82) is 0 Å². The van der Waals surface area contributed by atoms with Crippen molar-refractivity contribution in [2.45, 2.75) is 58.4 Å². The average Bonchev–Trinajstić information content (AvgIpc) is 3.33. The molecule has 0 bridgehead atoms. The predicted octanol–water partition coefficient (Wildman–Crippen LogP) is 4.96. The van der Waals surface area contributed by atoms with Gasteiger partial charge in [-0.2, -0.15) is 0 Å². The van der Waals surface area contributed by atoms with Crippen LogP contribution in [-0.2, 0) is 13.0 Å². The normalized spacial score (nSPS) is 11.1. The Morgan fingerprint density at radius 2 is 1.93 bits per heavy atom. The molecule has 1 aromatic carbocycles. The minimum Gasteiger partial charge on any atom is -0.459 e. The number of rotatable bonds is 11. The van der Waals surface area contributed by atoms with E-state index in [1.54, 1.807) is 12.1 Å². The molecule has 0 spiro atoms. The van der Waals surface area contributed by atoms with Crippen LogP contribution in [0.25, 0.3) is 11.0 Å². The highest BCUT2D eigenvalue weighted by Crippen LogP contribution is 2.18. The molecule has 0 unspecified atom stereocenters. The zero-order chi connectivity index (χ0) is 18.9. The Hall–Kier alpha value is -2.56. The molecule has 0 saturated carbocycles. The highest BCUT2D eigenvalue weighted by atomic mass is 16.3. The fourth-order valence-electron chi connectivity index (χ4n) is 3.38. The molecule has 0 aliphatic carbocycles. The summed E-state index contributed by atoms with van der Waals surface area (Å²) in [6, 6.07) is 11.7. The standard InChI is InChI=1S/C22H29N3O2/c1-2-3-4-5-8-16-25-19-12-7-6-11-18(19)24-21(25)14-9-15-23-22(26)20-13-10-17-27-20/h6-7,10-13,17H,2-5,8-9,14-16H2,1H3,(H,23,26). The number of hydrogen-bond acceptors (Lipinski definition) is 3. The molecule has 5 nitrogen and oxygen atoms in total. The summed E-state index contributed by atoms with van der Waals surface area (Å²) < 4.78 is 7.47. The highest BCUT2D eigenvalue weighted by Gasteiger charge is 2.11. The first-order valence-corrected chi connectivity index (χ1v) is 10.1. The van der Waals surface area contributed by atoms with Crippen LogP contribution in [0.5, 0.6) is 0 Å². The van der Waals surface area contributed by atoms with E-state index in [1.807, 2.05) is 6.07 Å². The molecule has 3 aromatic rings. The smallest absolute Gasteiger partial charge is 0.286 e. The number of aryl methyl sites for hydroxylation is 2. The number of imidazole rings is 1. The third-order valence-corrected chi connectivity index (χ3v) is 4.83. The largest absolute Gasteiger partial charge is 0.459 e. The van der Waals surface area contributed by atoms with E-state index < -0.39 is 0 Å². The van der Waals surface area contributed by atoms with E-state index in [0.717, 1.165) is 30.7 Å². The van der Waals surface area contributed by atoms with Gasteiger partial charge in [-0.05, 0) is 37.1 Å². The van der Waals surface area contributed by atoms with Gasteiger partial charge in [0.2, 0.25) is 0 Å². The minimum absolute atomic E-state index is 0.163. The molecule has 0 radical (unpaired) electrons. The molecule has 1 N–H and O–H groups in total. The second kappa shape index (κ2) is 9.95. The molecule has 0 fully saturated rings. The van der Waals surface area contributed by atoms with Gasteiger partial charge in [0.05, 0.1) is 17.3 Å². The summed E-state index contributed by atoms with van der Waals surface area (Å²) in [5.74, 6) is 1.30. The van der Waals surface area contributed by atoms with Gasteiger partial charge in [-0.1, -0.05) is 44.7 Å². The van der Waals surface area contributed by atoms with Gasteiger partial charge in [-0.3, -0.25) is 4.79 Å². The Kier molecular flexibility index (Phi) is 7.08. The third-order valence-electron chi connectivity index (χ3n) is 4.83. The van der Waals surface area contributed by atoms with Crippen molar-refractivity contribution in [3.63, 3.8) is 0 Å². The summed E-state index contributed by atoms with van der Waals surface area (Å²) in [5, 5.41) is 2.91. The molecular formula is C22H29N3O2. The lowest BCUT2D eigenvalue weighted by Gasteiger charge is -2.09. The summed E-state index contributed by atoms with van der Waals surface area (Å²) >= 11 is 0. The molecule has 144 valence electrons. The number of unbranched alkanes of at least 4 members (excludes halogenated alkanes) is 4. The molecule has 0 saturated heterocycles. The first-order valence-electron chi connectivity index (χ1n) is 10.1. The summed E-state index contributed by atoms with van der Waals surface area (Å²) in [6.45, 7) is 3.86. The van der Waals surface area contributed by atoms with Crippen LogP contribution < -0.4 is 5.32 Å². The minimum atomic E-state index is -0.163. The lowest BCUT2D eigenvalue weighted by Crippen LogP contribution is -2.24. The van der Waals surface area contributed by atoms with Gasteiger partial charge in [0.15, 0.2) is 5.76 Å². The second-order valence-corrected chi connectivity index (χ2v) is 6.92. The van der Waals surface area contributed by atoms with Gasteiger partial charge in [0.1, 0.15) is 5.82 Å². The van der Waals surface area contributed by atoms with Crippen LogP contribution in [0, 0.1) is 0 Å². The van der Waals surface area contributed by atoms with Crippen LogP contribution in [-0.4, -0.2) is 22.0 Å². The number of furan rings is 1. The SMILES string of the molecule is CCCCCCCn1c(CCCNC(=O)c2ccco2)nc2ccccc21. The van der Waals surface area contributed by atoms with E-state index in [2.05, 4.69) is 35.0 Å². The first-order chi connectivity index (χ1) is 13.3. The van der Waals surface area contributed by atoms with Crippen LogP contribution in [0.15, 0.2) is 47.1 Å². The topological polar surface area (TPSA) is 60.1 Å². The van der Waals surface area contributed by atoms with E-state index in [9.17, 15) is 4.79 Å².